The molecule has 0 spiro atoms. The van der Waals surface area contributed by atoms with E-state index in [1.165, 1.54) is 48.8 Å². The molecular formula is C19H14BrClFN3O5S2. The number of hydrogen-bond acceptors (Lipinski definition) is 7. The van der Waals surface area contributed by atoms with Crippen molar-refractivity contribution in [2.75, 3.05) is 23.3 Å². The maximum absolute atomic E-state index is 13.1. The van der Waals surface area contributed by atoms with E-state index in [2.05, 4.69) is 26.2 Å². The molecule has 1 heterocycles. The highest BCUT2D eigenvalue weighted by atomic mass is 79.9. The van der Waals surface area contributed by atoms with Crippen LogP contribution < -0.4 is 9.62 Å². The molecule has 1 amide bonds. The number of hydrogen-bond donors (Lipinski definition) is 1. The van der Waals surface area contributed by atoms with Gasteiger partial charge in [0.2, 0.25) is 0 Å². The predicted molar refractivity (Wildman–Crippen MR) is 122 cm³/mol. The summed E-state index contributed by atoms with van der Waals surface area (Å²) in [6.45, 7) is -0.626. The van der Waals surface area contributed by atoms with E-state index in [0.717, 1.165) is 22.5 Å². The molecule has 2 aromatic carbocycles. The highest BCUT2D eigenvalue weighted by Gasteiger charge is 2.24. The Morgan fingerprint density at radius 3 is 2.56 bits per heavy atom. The summed E-state index contributed by atoms with van der Waals surface area (Å²) in [5, 5.41) is 2.72. The lowest BCUT2D eigenvalue weighted by Crippen LogP contribution is -2.27. The van der Waals surface area contributed by atoms with Crippen molar-refractivity contribution < 1.29 is 27.1 Å². The van der Waals surface area contributed by atoms with Gasteiger partial charge in [0.15, 0.2) is 11.7 Å². The fourth-order valence-electron chi connectivity index (χ4n) is 2.45. The van der Waals surface area contributed by atoms with Crippen LogP contribution in [-0.2, 0) is 19.6 Å². The zero-order valence-corrected chi connectivity index (χ0v) is 20.2. The largest absolute Gasteiger partial charge is 0.452 e. The highest BCUT2D eigenvalue weighted by Crippen LogP contribution is 2.27. The summed E-state index contributed by atoms with van der Waals surface area (Å²) < 4.78 is 45.6. The highest BCUT2D eigenvalue weighted by molar-refractivity contribution is 9.11. The molecule has 0 aliphatic carbocycles. The molecule has 0 aliphatic rings. The molecule has 1 aromatic heterocycles. The molecular weight excluding hydrogens is 549 g/mol. The van der Waals surface area contributed by atoms with E-state index in [1.54, 1.807) is 0 Å². The number of thiazole rings is 1. The number of nitrogens with zero attached hydrogens (tertiary/aromatic N) is 2. The van der Waals surface area contributed by atoms with Crippen molar-refractivity contribution in [3.8, 4) is 0 Å². The molecule has 0 unspecified atom stereocenters. The third kappa shape index (κ3) is 5.63. The first-order chi connectivity index (χ1) is 15.1. The third-order valence-corrected chi connectivity index (χ3v) is 7.57. The average molecular weight is 563 g/mol. The van der Waals surface area contributed by atoms with Gasteiger partial charge in [0.25, 0.3) is 15.9 Å². The molecule has 0 atom stereocenters. The molecule has 8 nitrogen and oxygen atoms in total. The predicted octanol–water partition coefficient (Wildman–Crippen LogP) is 4.32. The first-order valence-electron chi connectivity index (χ1n) is 8.70. The van der Waals surface area contributed by atoms with E-state index in [9.17, 15) is 22.4 Å². The first-order valence-corrected chi connectivity index (χ1v) is 12.1. The van der Waals surface area contributed by atoms with Gasteiger partial charge in [0, 0.05) is 7.05 Å². The number of rotatable bonds is 7. The zero-order chi connectivity index (χ0) is 23.5. The molecule has 0 radical (unpaired) electrons. The maximum atomic E-state index is 13.1. The summed E-state index contributed by atoms with van der Waals surface area (Å²) >= 11 is 10.4. The summed E-state index contributed by atoms with van der Waals surface area (Å²) in [5.74, 6) is -2.12. The molecule has 32 heavy (non-hydrogen) atoms. The lowest BCUT2D eigenvalue weighted by atomic mass is 10.2. The Morgan fingerprint density at radius 1 is 1.25 bits per heavy atom. The second kappa shape index (κ2) is 9.94. The van der Waals surface area contributed by atoms with Gasteiger partial charge < -0.3 is 4.74 Å². The van der Waals surface area contributed by atoms with Crippen LogP contribution in [0, 0.1) is 5.82 Å². The molecule has 1 N–H and O–H groups in total. The maximum Gasteiger partial charge on any atom is 0.340 e. The van der Waals surface area contributed by atoms with Crippen molar-refractivity contribution in [1.82, 2.24) is 4.98 Å². The Bertz CT molecular complexity index is 1270. The third-order valence-electron chi connectivity index (χ3n) is 4.06. The molecule has 0 bridgehead atoms. The van der Waals surface area contributed by atoms with Gasteiger partial charge in [-0.15, -0.1) is 0 Å². The Hall–Kier alpha value is -2.54. The molecule has 3 rings (SSSR count). The van der Waals surface area contributed by atoms with Crippen LogP contribution in [-0.4, -0.2) is 38.9 Å². The summed E-state index contributed by atoms with van der Waals surface area (Å²) in [4.78, 5) is 28.1. The Morgan fingerprint density at radius 2 is 1.94 bits per heavy atom. The van der Waals surface area contributed by atoms with Crippen LogP contribution in [0.5, 0.6) is 0 Å². The van der Waals surface area contributed by atoms with Crippen LogP contribution in [0.15, 0.2) is 57.3 Å². The average Bonchev–Trinajstić information content (AvgIpc) is 3.16. The Balaban J connectivity index is 1.74. The smallest absolute Gasteiger partial charge is 0.340 e. The minimum Gasteiger partial charge on any atom is -0.452 e. The lowest BCUT2D eigenvalue weighted by Gasteiger charge is -2.20. The number of amides is 1. The molecule has 0 saturated heterocycles. The van der Waals surface area contributed by atoms with Gasteiger partial charge in [0.05, 0.1) is 31.2 Å². The van der Waals surface area contributed by atoms with Crippen molar-refractivity contribution in [2.45, 2.75) is 4.90 Å². The fourth-order valence-corrected chi connectivity index (χ4v) is 4.99. The van der Waals surface area contributed by atoms with Gasteiger partial charge >= 0.3 is 5.97 Å². The van der Waals surface area contributed by atoms with E-state index in [1.807, 2.05) is 0 Å². The SMILES string of the molecule is CN(c1ccc(F)cc1)S(=O)(=O)c1ccc(Cl)c(C(=O)OCC(=O)Nc2ncc(Br)s2)c1. The number of carbonyl (C=O) groups excluding carboxylic acids is 2. The number of nitrogens with one attached hydrogen (secondary N) is 1. The first kappa shape index (κ1) is 24.1. The molecule has 0 saturated carbocycles. The van der Waals surface area contributed by atoms with Crippen molar-refractivity contribution in [3.05, 3.63) is 68.9 Å². The Kier molecular flexibility index (Phi) is 7.49. The van der Waals surface area contributed by atoms with Crippen LogP contribution in [0.1, 0.15) is 10.4 Å². The summed E-state index contributed by atoms with van der Waals surface area (Å²) in [6.07, 6.45) is 1.50. The van der Waals surface area contributed by atoms with Gasteiger partial charge in [0.1, 0.15) is 5.82 Å². The molecule has 3 aromatic rings. The minimum atomic E-state index is -4.09. The van der Waals surface area contributed by atoms with Crippen LogP contribution in [0.3, 0.4) is 0 Å². The normalized spacial score (nSPS) is 11.1. The molecule has 0 fully saturated rings. The number of carbonyl (C=O) groups is 2. The van der Waals surface area contributed by atoms with Crippen LogP contribution in [0.25, 0.3) is 0 Å². The monoisotopic (exact) mass is 561 g/mol. The standard InChI is InChI=1S/C19H14BrClFN3O5S2/c1-25(12-4-2-11(22)3-5-12)32(28,29)13-6-7-15(21)14(8-13)18(27)30-10-17(26)24-19-23-9-16(20)31-19/h2-9H,10H2,1H3,(H,23,24,26). The number of esters is 1. The lowest BCUT2D eigenvalue weighted by molar-refractivity contribution is -0.119. The molecule has 0 aliphatic heterocycles. The number of anilines is 2. The van der Waals surface area contributed by atoms with Gasteiger partial charge in [-0.05, 0) is 58.4 Å². The molecule has 168 valence electrons. The summed E-state index contributed by atoms with van der Waals surface area (Å²) in [5.41, 5.74) is -0.0130. The van der Waals surface area contributed by atoms with Crippen molar-refractivity contribution in [1.29, 1.82) is 0 Å². The number of aromatic nitrogens is 1. The number of halogens is 3. The summed E-state index contributed by atoms with van der Waals surface area (Å²) in [7, 11) is -2.81. The van der Waals surface area contributed by atoms with Crippen molar-refractivity contribution >= 4 is 71.6 Å². The summed E-state index contributed by atoms with van der Waals surface area (Å²) in [6, 6.07) is 8.37. The van der Waals surface area contributed by atoms with Crippen LogP contribution >= 0.6 is 38.9 Å². The number of benzene rings is 2. The fraction of sp³-hybridized carbons (Fsp3) is 0.105. The quantitative estimate of drug-likeness (QED) is 0.430. The number of ether oxygens (including phenoxy) is 1. The topological polar surface area (TPSA) is 106 Å². The van der Waals surface area contributed by atoms with Crippen molar-refractivity contribution in [3.63, 3.8) is 0 Å². The van der Waals surface area contributed by atoms with Crippen LogP contribution in [0.4, 0.5) is 15.2 Å². The second-order valence-electron chi connectivity index (χ2n) is 6.18. The van der Waals surface area contributed by atoms with E-state index in [-0.39, 0.29) is 21.2 Å². The second-order valence-corrected chi connectivity index (χ2v) is 11.0. The van der Waals surface area contributed by atoms with Crippen LogP contribution in [0.2, 0.25) is 5.02 Å². The van der Waals surface area contributed by atoms with Gasteiger partial charge in [-0.25, -0.2) is 22.6 Å². The van der Waals surface area contributed by atoms with E-state index in [4.69, 9.17) is 16.3 Å². The van der Waals surface area contributed by atoms with Gasteiger partial charge in [-0.2, -0.15) is 0 Å². The van der Waals surface area contributed by atoms with Crippen molar-refractivity contribution in [2.24, 2.45) is 0 Å². The van der Waals surface area contributed by atoms with Gasteiger partial charge in [-0.1, -0.05) is 22.9 Å². The van der Waals surface area contributed by atoms with E-state index in [0.29, 0.717) is 8.92 Å². The minimum absolute atomic E-state index is 0.0531. The zero-order valence-electron chi connectivity index (χ0n) is 16.2. The van der Waals surface area contributed by atoms with E-state index >= 15 is 0 Å². The Labute approximate surface area is 200 Å². The van der Waals surface area contributed by atoms with E-state index < -0.39 is 34.3 Å². The van der Waals surface area contributed by atoms with Gasteiger partial charge in [-0.3, -0.25) is 14.4 Å². The number of sulfonamides is 1. The molecule has 13 heteroatoms.